The maximum atomic E-state index is 14.3. The first-order chi connectivity index (χ1) is 26.7. The highest BCUT2D eigenvalue weighted by Crippen LogP contribution is 2.21. The number of amides is 7. The van der Waals surface area contributed by atoms with Gasteiger partial charge in [0, 0.05) is 39.5 Å². The number of nitrogens with two attached hydrogens (primary N) is 2. The molecule has 14 N–H and O–H groups in total. The molecule has 0 bridgehead atoms. The third-order valence-corrected chi connectivity index (χ3v) is 9.39. The van der Waals surface area contributed by atoms with E-state index in [2.05, 4.69) is 42.5 Å². The number of carbonyl (C=O) groups excluding carboxylic acids is 7. The Balaban J connectivity index is 1.92. The van der Waals surface area contributed by atoms with Crippen molar-refractivity contribution in [2.75, 3.05) is 26.2 Å². The van der Waals surface area contributed by atoms with Crippen LogP contribution in [0.3, 0.4) is 0 Å². The van der Waals surface area contributed by atoms with E-state index in [1.807, 2.05) is 18.2 Å². The lowest BCUT2D eigenvalue weighted by atomic mass is 10.0. The minimum absolute atomic E-state index is 0.0542. The van der Waals surface area contributed by atoms with Crippen LogP contribution in [-0.4, -0.2) is 121 Å². The lowest BCUT2D eigenvalue weighted by molar-refractivity contribution is -0.142. The summed E-state index contributed by atoms with van der Waals surface area (Å²) in [6, 6.07) is 2.61. The topological polar surface area (TPSA) is 319 Å². The van der Waals surface area contributed by atoms with Crippen LogP contribution in [0.2, 0.25) is 0 Å². The van der Waals surface area contributed by atoms with Crippen molar-refractivity contribution in [3.05, 3.63) is 35.9 Å². The van der Waals surface area contributed by atoms with E-state index in [9.17, 15) is 33.6 Å². The molecule has 2 saturated heterocycles. The second kappa shape index (κ2) is 22.4. The summed E-state index contributed by atoms with van der Waals surface area (Å²) in [7, 11) is 0. The molecule has 20 heteroatoms. The van der Waals surface area contributed by atoms with Crippen molar-refractivity contribution in [1.29, 1.82) is 10.8 Å². The van der Waals surface area contributed by atoms with Crippen LogP contribution in [0.5, 0.6) is 0 Å². The van der Waals surface area contributed by atoms with E-state index in [0.717, 1.165) is 5.56 Å². The number of rotatable bonds is 13. The molecule has 1 aromatic rings. The molecule has 0 saturated carbocycles. The van der Waals surface area contributed by atoms with Gasteiger partial charge in [-0.1, -0.05) is 30.3 Å². The summed E-state index contributed by atoms with van der Waals surface area (Å²) < 4.78 is 0. The van der Waals surface area contributed by atoms with E-state index < -0.39 is 77.6 Å². The first kappa shape index (κ1) is 44.4. The van der Waals surface area contributed by atoms with Crippen LogP contribution in [0, 0.1) is 10.8 Å². The summed E-state index contributed by atoms with van der Waals surface area (Å²) in [6.45, 7) is 3.47. The molecular formula is C36H57N13O7. The summed E-state index contributed by atoms with van der Waals surface area (Å²) >= 11 is 0. The van der Waals surface area contributed by atoms with Crippen molar-refractivity contribution >= 4 is 53.3 Å². The molecule has 0 radical (unpaired) electrons. The fourth-order valence-corrected chi connectivity index (χ4v) is 6.52. The fraction of sp³-hybridized carbons (Fsp3) is 0.583. The van der Waals surface area contributed by atoms with Crippen molar-refractivity contribution in [3.8, 4) is 0 Å². The van der Waals surface area contributed by atoms with E-state index in [4.69, 9.17) is 22.3 Å². The van der Waals surface area contributed by atoms with E-state index in [1.165, 1.54) is 18.7 Å². The van der Waals surface area contributed by atoms with Gasteiger partial charge in [0.1, 0.15) is 36.3 Å². The first-order valence-corrected chi connectivity index (χ1v) is 18.9. The molecule has 2 heterocycles. The summed E-state index contributed by atoms with van der Waals surface area (Å²) in [5.41, 5.74) is 11.5. The van der Waals surface area contributed by atoms with Gasteiger partial charge in [-0.2, -0.15) is 0 Å². The third-order valence-electron chi connectivity index (χ3n) is 9.39. The molecule has 2 aliphatic heterocycles. The van der Waals surface area contributed by atoms with Gasteiger partial charge in [-0.05, 0) is 63.9 Å². The lowest BCUT2D eigenvalue weighted by Crippen LogP contribution is -2.59. The van der Waals surface area contributed by atoms with Crippen LogP contribution < -0.4 is 54.0 Å². The number of nitrogens with zero attached hydrogens (tertiary/aromatic N) is 1. The second-order valence-corrected chi connectivity index (χ2v) is 13.9. The number of guanidine groups is 2. The van der Waals surface area contributed by atoms with E-state index >= 15 is 0 Å². The maximum absolute atomic E-state index is 14.3. The standard InChI is InChI=1S/C36H57N13O7/c1-21-29(51)46-24(12-6-17-42-35(37)38)30(52)41-16-8-14-26(48-32(54)27(45-22(2)50)20-23-10-4-3-5-11-23)34(56)49-19-9-15-28(49)33(55)47-25(31(53)44-21)13-7-18-43-36(39)40/h3-5,10-11,21,24-28H,6-9,12-20H2,1-2H3,(H,41,52)(H,44,53)(H,45,50)(H,46,51)(H,47,55)(H,48,54)(H4,37,38,42)(H4,39,40,43)/t21?,24?,25-,26+,27+,28?/m1/s1. The molecule has 0 spiro atoms. The van der Waals surface area contributed by atoms with E-state index in [0.29, 0.717) is 25.7 Å². The maximum Gasteiger partial charge on any atom is 0.245 e. The summed E-state index contributed by atoms with van der Waals surface area (Å²) in [5, 5.41) is 36.3. The van der Waals surface area contributed by atoms with Crippen molar-refractivity contribution in [1.82, 2.24) is 47.4 Å². The Morgan fingerprint density at radius 1 is 0.839 bits per heavy atom. The Morgan fingerprint density at radius 3 is 2.05 bits per heavy atom. The molecule has 0 aromatic heterocycles. The molecule has 2 aliphatic rings. The van der Waals surface area contributed by atoms with Crippen molar-refractivity contribution < 1.29 is 33.6 Å². The van der Waals surface area contributed by atoms with Gasteiger partial charge >= 0.3 is 0 Å². The van der Waals surface area contributed by atoms with Crippen molar-refractivity contribution in [2.45, 2.75) is 108 Å². The summed E-state index contributed by atoms with van der Waals surface area (Å²) in [5.74, 6) is -4.56. The van der Waals surface area contributed by atoms with Crippen molar-refractivity contribution in [3.63, 3.8) is 0 Å². The quantitative estimate of drug-likeness (QED) is 0.0548. The minimum Gasteiger partial charge on any atom is -0.370 e. The smallest absolute Gasteiger partial charge is 0.245 e. The summed E-state index contributed by atoms with van der Waals surface area (Å²) in [6.07, 6.45) is 2.07. The normalized spacial score (nSPS) is 23.1. The van der Waals surface area contributed by atoms with Gasteiger partial charge in [-0.3, -0.25) is 44.4 Å². The number of hydrogen-bond acceptors (Lipinski definition) is 9. The largest absolute Gasteiger partial charge is 0.370 e. The molecule has 308 valence electrons. The molecule has 1 aromatic carbocycles. The SMILES string of the molecule is CC(=O)N[C@@H](Cc1ccccc1)C(=O)N[C@H]1CCCNC(=O)C(CCCNC(=N)N)NC(=O)C(C)NC(=O)[C@@H](CCCNC(=N)N)NC(=O)C2CCCN2C1=O. The average molecular weight is 784 g/mol. The molecule has 3 unspecified atom stereocenters. The monoisotopic (exact) mass is 783 g/mol. The third kappa shape index (κ3) is 14.7. The Hall–Kier alpha value is -5.95. The fourth-order valence-electron chi connectivity index (χ4n) is 6.52. The average Bonchev–Trinajstić information content (AvgIpc) is 3.64. The zero-order valence-electron chi connectivity index (χ0n) is 32.0. The van der Waals surface area contributed by atoms with Crippen LogP contribution in [-0.2, 0) is 40.0 Å². The molecule has 2 fully saturated rings. The highest BCUT2D eigenvalue weighted by Gasteiger charge is 2.39. The molecule has 56 heavy (non-hydrogen) atoms. The predicted molar refractivity (Wildman–Crippen MR) is 206 cm³/mol. The van der Waals surface area contributed by atoms with Crippen LogP contribution in [0.4, 0.5) is 0 Å². The highest BCUT2D eigenvalue weighted by molar-refractivity contribution is 5.97. The zero-order chi connectivity index (χ0) is 41.2. The molecule has 3 rings (SSSR count). The zero-order valence-corrected chi connectivity index (χ0v) is 32.0. The highest BCUT2D eigenvalue weighted by atomic mass is 16.2. The number of fused-ring (bicyclic) bond motifs is 1. The van der Waals surface area contributed by atoms with Crippen LogP contribution in [0.1, 0.15) is 70.8 Å². The number of nitrogens with one attached hydrogen (secondary N) is 10. The Bertz CT molecular complexity index is 1580. The van der Waals surface area contributed by atoms with Gasteiger partial charge in [-0.15, -0.1) is 0 Å². The molecule has 0 aliphatic carbocycles. The predicted octanol–water partition coefficient (Wildman–Crippen LogP) is -2.88. The van der Waals surface area contributed by atoms with Gasteiger partial charge in [-0.25, -0.2) is 0 Å². The Kier molecular flexibility index (Phi) is 17.8. The second-order valence-electron chi connectivity index (χ2n) is 13.9. The number of hydrogen-bond donors (Lipinski definition) is 12. The molecule has 6 atom stereocenters. The van der Waals surface area contributed by atoms with Gasteiger partial charge in [0.25, 0.3) is 0 Å². The molecule has 20 nitrogen and oxygen atoms in total. The van der Waals surface area contributed by atoms with Crippen LogP contribution >= 0.6 is 0 Å². The van der Waals surface area contributed by atoms with E-state index in [-0.39, 0.29) is 70.2 Å². The Labute approximate surface area is 326 Å². The minimum atomic E-state index is -1.15. The summed E-state index contributed by atoms with van der Waals surface area (Å²) in [4.78, 5) is 95.7. The van der Waals surface area contributed by atoms with Crippen LogP contribution in [0.25, 0.3) is 0 Å². The van der Waals surface area contributed by atoms with Gasteiger partial charge < -0.3 is 58.9 Å². The first-order valence-electron chi connectivity index (χ1n) is 18.9. The molecular weight excluding hydrogens is 726 g/mol. The van der Waals surface area contributed by atoms with Crippen molar-refractivity contribution in [2.24, 2.45) is 11.5 Å². The molecule has 7 amide bonds. The van der Waals surface area contributed by atoms with E-state index in [1.54, 1.807) is 12.1 Å². The number of carbonyl (C=O) groups is 7. The van der Waals surface area contributed by atoms with Gasteiger partial charge in [0.15, 0.2) is 11.9 Å². The van der Waals surface area contributed by atoms with Gasteiger partial charge in [0.2, 0.25) is 41.4 Å². The Morgan fingerprint density at radius 2 is 1.45 bits per heavy atom. The van der Waals surface area contributed by atoms with Gasteiger partial charge in [0.05, 0.1) is 0 Å². The lowest BCUT2D eigenvalue weighted by Gasteiger charge is -2.31. The van der Waals surface area contributed by atoms with Crippen LogP contribution in [0.15, 0.2) is 30.3 Å². The number of benzene rings is 1.